The van der Waals surface area contributed by atoms with Gasteiger partial charge in [-0.25, -0.2) is 4.98 Å². The molecule has 2 aromatic heterocycles. The van der Waals surface area contributed by atoms with E-state index in [9.17, 15) is 4.79 Å². The van der Waals surface area contributed by atoms with Gasteiger partial charge >= 0.3 is 0 Å². The van der Waals surface area contributed by atoms with E-state index in [1.807, 2.05) is 43.3 Å². The van der Waals surface area contributed by atoms with E-state index in [0.29, 0.717) is 6.42 Å². The molecule has 0 radical (unpaired) electrons. The summed E-state index contributed by atoms with van der Waals surface area (Å²) in [4.78, 5) is 16.5. The Kier molecular flexibility index (Phi) is 3.19. The van der Waals surface area contributed by atoms with E-state index >= 15 is 0 Å². The molecule has 4 nitrogen and oxygen atoms in total. The summed E-state index contributed by atoms with van der Waals surface area (Å²) in [5.41, 5.74) is 7.10. The molecule has 1 aliphatic rings. The third-order valence-electron chi connectivity index (χ3n) is 4.83. The molecule has 0 saturated carbocycles. The fraction of sp³-hybridized carbons (Fsp3) is 0.0909. The number of pyridine rings is 1. The molecule has 126 valence electrons. The maximum atomic E-state index is 11.7. The molecule has 2 aromatic carbocycles. The second-order valence-electron chi connectivity index (χ2n) is 6.66. The third-order valence-corrected chi connectivity index (χ3v) is 4.83. The molecule has 0 saturated heterocycles. The first-order chi connectivity index (χ1) is 12.7. The van der Waals surface area contributed by atoms with Gasteiger partial charge < -0.3 is 5.32 Å². The van der Waals surface area contributed by atoms with Crippen LogP contribution in [0, 0.1) is 6.92 Å². The summed E-state index contributed by atoms with van der Waals surface area (Å²) < 4.78 is 2.18. The average molecular weight is 339 g/mol. The Morgan fingerprint density at radius 1 is 1.00 bits per heavy atom. The van der Waals surface area contributed by atoms with Crippen molar-refractivity contribution in [3.05, 3.63) is 78.0 Å². The smallest absolute Gasteiger partial charge is 0.228 e. The van der Waals surface area contributed by atoms with Crippen LogP contribution < -0.4 is 5.32 Å². The summed E-state index contributed by atoms with van der Waals surface area (Å²) in [6.45, 7) is 2.00. The molecular formula is C22H17N3O. The third kappa shape index (κ3) is 2.30. The minimum atomic E-state index is 0.0479. The number of hydrogen-bond donors (Lipinski definition) is 1. The standard InChI is InChI=1S/C22H17N3O/c1-14-7-8-16-12-20(15-5-3-2-4-6-15)25(22(16)23-14)18-9-10-19-17(11-18)13-21(26)24-19/h2-12H,13H2,1H3,(H,24,26). The van der Waals surface area contributed by atoms with Gasteiger partial charge in [-0.05, 0) is 54.4 Å². The fourth-order valence-corrected chi connectivity index (χ4v) is 3.61. The molecule has 4 heteroatoms. The molecule has 0 aliphatic carbocycles. The number of nitrogens with zero attached hydrogens (tertiary/aromatic N) is 2. The molecule has 5 rings (SSSR count). The Balaban J connectivity index is 1.80. The number of anilines is 1. The molecule has 0 unspecified atom stereocenters. The lowest BCUT2D eigenvalue weighted by Crippen LogP contribution is -2.03. The van der Waals surface area contributed by atoms with Crippen LogP contribution in [-0.4, -0.2) is 15.5 Å². The van der Waals surface area contributed by atoms with Crippen molar-refractivity contribution < 1.29 is 4.79 Å². The van der Waals surface area contributed by atoms with Gasteiger partial charge in [0.15, 0.2) is 0 Å². The number of amides is 1. The average Bonchev–Trinajstić information content (AvgIpc) is 3.20. The first kappa shape index (κ1) is 14.9. The fourth-order valence-electron chi connectivity index (χ4n) is 3.61. The van der Waals surface area contributed by atoms with Crippen molar-refractivity contribution in [1.29, 1.82) is 0 Å². The zero-order chi connectivity index (χ0) is 17.7. The molecule has 4 aromatic rings. The van der Waals surface area contributed by atoms with Crippen molar-refractivity contribution in [2.75, 3.05) is 5.32 Å². The summed E-state index contributed by atoms with van der Waals surface area (Å²) in [5, 5.41) is 4.00. The predicted molar refractivity (Wildman–Crippen MR) is 104 cm³/mol. The van der Waals surface area contributed by atoms with Crippen molar-refractivity contribution >= 4 is 22.6 Å². The van der Waals surface area contributed by atoms with Gasteiger partial charge in [0, 0.05) is 22.5 Å². The Hall–Kier alpha value is -3.40. The number of carbonyl (C=O) groups excluding carboxylic acids is 1. The normalized spacial score (nSPS) is 13.0. The second kappa shape index (κ2) is 5.56. The highest BCUT2D eigenvalue weighted by Gasteiger charge is 2.20. The minimum absolute atomic E-state index is 0.0479. The summed E-state index contributed by atoms with van der Waals surface area (Å²) >= 11 is 0. The van der Waals surface area contributed by atoms with E-state index in [1.165, 1.54) is 0 Å². The summed E-state index contributed by atoms with van der Waals surface area (Å²) in [6.07, 6.45) is 0.426. The highest BCUT2D eigenvalue weighted by Crippen LogP contribution is 2.33. The Labute approximate surface area is 151 Å². The van der Waals surface area contributed by atoms with Crippen LogP contribution in [-0.2, 0) is 11.2 Å². The molecule has 0 fully saturated rings. The van der Waals surface area contributed by atoms with Crippen LogP contribution in [0.15, 0.2) is 66.7 Å². The summed E-state index contributed by atoms with van der Waals surface area (Å²) in [5.74, 6) is 0.0479. The van der Waals surface area contributed by atoms with Gasteiger partial charge in [-0.3, -0.25) is 9.36 Å². The van der Waals surface area contributed by atoms with Gasteiger partial charge in [0.05, 0.1) is 12.1 Å². The number of fused-ring (bicyclic) bond motifs is 2. The van der Waals surface area contributed by atoms with Crippen LogP contribution in [0.2, 0.25) is 0 Å². The van der Waals surface area contributed by atoms with Crippen molar-refractivity contribution in [3.8, 4) is 16.9 Å². The Morgan fingerprint density at radius 2 is 1.85 bits per heavy atom. The van der Waals surface area contributed by atoms with Crippen LogP contribution in [0.5, 0.6) is 0 Å². The number of benzene rings is 2. The summed E-state index contributed by atoms with van der Waals surface area (Å²) in [6, 6.07) is 22.7. The second-order valence-corrected chi connectivity index (χ2v) is 6.66. The van der Waals surface area contributed by atoms with Crippen molar-refractivity contribution in [1.82, 2.24) is 9.55 Å². The Morgan fingerprint density at radius 3 is 2.69 bits per heavy atom. The van der Waals surface area contributed by atoms with E-state index in [1.54, 1.807) is 0 Å². The largest absolute Gasteiger partial charge is 0.326 e. The zero-order valence-electron chi connectivity index (χ0n) is 14.4. The van der Waals surface area contributed by atoms with E-state index in [0.717, 1.165) is 44.9 Å². The SMILES string of the molecule is Cc1ccc2cc(-c3ccccc3)n(-c3ccc4c(c3)CC(=O)N4)c2n1. The highest BCUT2D eigenvalue weighted by molar-refractivity contribution is 5.99. The van der Waals surface area contributed by atoms with Crippen molar-refractivity contribution in [2.45, 2.75) is 13.3 Å². The predicted octanol–water partition coefficient (Wildman–Crippen LogP) is 4.50. The van der Waals surface area contributed by atoms with Crippen LogP contribution in [0.25, 0.3) is 28.0 Å². The maximum absolute atomic E-state index is 11.7. The van der Waals surface area contributed by atoms with Crippen LogP contribution in [0.4, 0.5) is 5.69 Å². The zero-order valence-corrected chi connectivity index (χ0v) is 14.4. The number of aromatic nitrogens is 2. The topological polar surface area (TPSA) is 46.9 Å². The molecule has 1 amide bonds. The van der Waals surface area contributed by atoms with Crippen molar-refractivity contribution in [3.63, 3.8) is 0 Å². The quantitative estimate of drug-likeness (QED) is 0.585. The molecule has 26 heavy (non-hydrogen) atoms. The molecule has 3 heterocycles. The molecule has 1 aliphatic heterocycles. The highest BCUT2D eigenvalue weighted by atomic mass is 16.1. The van der Waals surface area contributed by atoms with E-state index < -0.39 is 0 Å². The molecule has 0 atom stereocenters. The van der Waals surface area contributed by atoms with E-state index in [2.05, 4.69) is 40.2 Å². The monoisotopic (exact) mass is 339 g/mol. The van der Waals surface area contributed by atoms with Crippen LogP contribution in [0.3, 0.4) is 0 Å². The van der Waals surface area contributed by atoms with Gasteiger partial charge in [0.25, 0.3) is 0 Å². The lowest BCUT2D eigenvalue weighted by atomic mass is 10.1. The minimum Gasteiger partial charge on any atom is -0.326 e. The van der Waals surface area contributed by atoms with E-state index in [-0.39, 0.29) is 5.91 Å². The number of nitrogens with one attached hydrogen (secondary N) is 1. The van der Waals surface area contributed by atoms with Crippen molar-refractivity contribution in [2.24, 2.45) is 0 Å². The molecule has 1 N–H and O–H groups in total. The number of aryl methyl sites for hydroxylation is 1. The van der Waals surface area contributed by atoms with Crippen LogP contribution >= 0.6 is 0 Å². The lowest BCUT2D eigenvalue weighted by molar-refractivity contribution is -0.115. The van der Waals surface area contributed by atoms with Gasteiger partial charge in [-0.2, -0.15) is 0 Å². The first-order valence-electron chi connectivity index (χ1n) is 8.67. The van der Waals surface area contributed by atoms with Gasteiger partial charge in [-0.15, -0.1) is 0 Å². The maximum Gasteiger partial charge on any atom is 0.228 e. The van der Waals surface area contributed by atoms with E-state index in [4.69, 9.17) is 4.98 Å². The molecule has 0 spiro atoms. The van der Waals surface area contributed by atoms with Gasteiger partial charge in [-0.1, -0.05) is 30.3 Å². The first-order valence-corrected chi connectivity index (χ1v) is 8.67. The number of rotatable bonds is 2. The lowest BCUT2D eigenvalue weighted by Gasteiger charge is -2.12. The Bertz CT molecular complexity index is 1160. The number of hydrogen-bond acceptors (Lipinski definition) is 2. The molecule has 0 bridgehead atoms. The van der Waals surface area contributed by atoms with Gasteiger partial charge in [0.2, 0.25) is 5.91 Å². The van der Waals surface area contributed by atoms with Gasteiger partial charge in [0.1, 0.15) is 5.65 Å². The number of carbonyl (C=O) groups is 1. The summed E-state index contributed by atoms with van der Waals surface area (Å²) in [7, 11) is 0. The molecular weight excluding hydrogens is 322 g/mol. The van der Waals surface area contributed by atoms with Crippen LogP contribution in [0.1, 0.15) is 11.3 Å².